The molecule has 25 heavy (non-hydrogen) atoms. The Morgan fingerprint density at radius 2 is 1.68 bits per heavy atom. The molecule has 1 heterocycles. The van der Waals surface area contributed by atoms with Gasteiger partial charge in [-0.1, -0.05) is 18.6 Å². The van der Waals surface area contributed by atoms with Gasteiger partial charge in [-0.15, -0.1) is 17.0 Å². The quantitative estimate of drug-likeness (QED) is 0.532. The number of guanidine groups is 1. The fraction of sp³-hybridized carbons (Fsp3) is 0.632. The summed E-state index contributed by atoms with van der Waals surface area (Å²) in [5.74, 6) is 1.80. The van der Waals surface area contributed by atoms with Gasteiger partial charge in [-0.2, -0.15) is 0 Å². The standard InChI is InChI=1S/C19H32N4O.BrH/c1-4-20-19(21-5-2)22-15-18(23-13-7-6-8-14-23)16-9-11-17(24-3)12-10-16;/h9-12,18H,4-8,13-15H2,1-3H3,(H2,20,21,22);1H. The number of rotatable bonds is 7. The van der Waals surface area contributed by atoms with E-state index in [1.807, 2.05) is 12.1 Å². The van der Waals surface area contributed by atoms with E-state index in [9.17, 15) is 0 Å². The average molecular weight is 413 g/mol. The van der Waals surface area contributed by atoms with Crippen LogP contribution in [0.3, 0.4) is 0 Å². The molecule has 0 saturated carbocycles. The third-order valence-electron chi connectivity index (χ3n) is 4.44. The number of aliphatic imine (C=N–C) groups is 1. The van der Waals surface area contributed by atoms with Crippen molar-refractivity contribution in [2.45, 2.75) is 39.2 Å². The van der Waals surface area contributed by atoms with E-state index < -0.39 is 0 Å². The van der Waals surface area contributed by atoms with E-state index >= 15 is 0 Å². The van der Waals surface area contributed by atoms with Crippen LogP contribution in [-0.4, -0.2) is 50.7 Å². The van der Waals surface area contributed by atoms with Gasteiger partial charge in [-0.3, -0.25) is 9.89 Å². The molecule has 0 amide bonds. The van der Waals surface area contributed by atoms with Gasteiger partial charge in [0.2, 0.25) is 0 Å². The van der Waals surface area contributed by atoms with E-state index in [0.717, 1.165) is 44.4 Å². The van der Waals surface area contributed by atoms with Crippen LogP contribution in [0.15, 0.2) is 29.3 Å². The molecule has 1 unspecified atom stereocenters. The predicted octanol–water partition coefficient (Wildman–Crippen LogP) is 3.38. The first-order valence-electron chi connectivity index (χ1n) is 9.18. The van der Waals surface area contributed by atoms with Gasteiger partial charge in [0, 0.05) is 13.1 Å². The maximum absolute atomic E-state index is 5.30. The number of likely N-dealkylation sites (tertiary alicyclic amines) is 1. The van der Waals surface area contributed by atoms with Crippen LogP contribution in [-0.2, 0) is 0 Å². The molecule has 1 aliphatic rings. The number of benzene rings is 1. The molecule has 5 nitrogen and oxygen atoms in total. The van der Waals surface area contributed by atoms with Crippen LogP contribution in [0.25, 0.3) is 0 Å². The maximum Gasteiger partial charge on any atom is 0.191 e. The highest BCUT2D eigenvalue weighted by molar-refractivity contribution is 8.93. The smallest absolute Gasteiger partial charge is 0.191 e. The van der Waals surface area contributed by atoms with Gasteiger partial charge in [0.15, 0.2) is 5.96 Å². The van der Waals surface area contributed by atoms with E-state index in [1.54, 1.807) is 7.11 Å². The monoisotopic (exact) mass is 412 g/mol. The molecule has 1 fully saturated rings. The largest absolute Gasteiger partial charge is 0.497 e. The minimum Gasteiger partial charge on any atom is -0.497 e. The summed E-state index contributed by atoms with van der Waals surface area (Å²) in [6, 6.07) is 8.77. The molecule has 0 radical (unpaired) electrons. The molecule has 1 aromatic rings. The Balaban J connectivity index is 0.00000312. The van der Waals surface area contributed by atoms with Crippen molar-refractivity contribution in [2.75, 3.05) is 39.8 Å². The normalized spacial score (nSPS) is 15.6. The Morgan fingerprint density at radius 3 is 2.20 bits per heavy atom. The van der Waals surface area contributed by atoms with Crippen LogP contribution in [0.1, 0.15) is 44.7 Å². The molecule has 0 spiro atoms. The maximum atomic E-state index is 5.30. The highest BCUT2D eigenvalue weighted by atomic mass is 79.9. The summed E-state index contributed by atoms with van der Waals surface area (Å²) < 4.78 is 5.30. The van der Waals surface area contributed by atoms with Gasteiger partial charge in [-0.05, 0) is 57.5 Å². The lowest BCUT2D eigenvalue weighted by Crippen LogP contribution is -2.39. The summed E-state index contributed by atoms with van der Waals surface area (Å²) in [7, 11) is 1.71. The molecular formula is C19H33BrN4O. The Morgan fingerprint density at radius 1 is 1.08 bits per heavy atom. The summed E-state index contributed by atoms with van der Waals surface area (Å²) in [6.07, 6.45) is 3.91. The van der Waals surface area contributed by atoms with Crippen molar-refractivity contribution in [3.8, 4) is 5.75 Å². The lowest BCUT2D eigenvalue weighted by atomic mass is 10.0. The zero-order chi connectivity index (χ0) is 17.2. The third-order valence-corrected chi connectivity index (χ3v) is 4.44. The first-order valence-corrected chi connectivity index (χ1v) is 9.18. The first kappa shape index (κ1) is 21.8. The van der Waals surface area contributed by atoms with Crippen molar-refractivity contribution >= 4 is 22.9 Å². The summed E-state index contributed by atoms with van der Waals surface area (Å²) in [5.41, 5.74) is 1.31. The Kier molecular flexibility index (Phi) is 10.6. The zero-order valence-corrected chi connectivity index (χ0v) is 17.5. The minimum atomic E-state index is 0. The lowest BCUT2D eigenvalue weighted by molar-refractivity contribution is 0.167. The van der Waals surface area contributed by atoms with Gasteiger partial charge in [0.25, 0.3) is 0 Å². The Bertz CT molecular complexity index is 493. The molecule has 0 aromatic heterocycles. The van der Waals surface area contributed by atoms with Crippen molar-refractivity contribution in [2.24, 2.45) is 4.99 Å². The number of halogens is 1. The number of ether oxygens (including phenoxy) is 1. The van der Waals surface area contributed by atoms with E-state index in [2.05, 4.69) is 41.5 Å². The topological polar surface area (TPSA) is 48.9 Å². The highest BCUT2D eigenvalue weighted by Gasteiger charge is 2.22. The van der Waals surface area contributed by atoms with Crippen molar-refractivity contribution in [3.63, 3.8) is 0 Å². The second-order valence-electron chi connectivity index (χ2n) is 6.14. The fourth-order valence-electron chi connectivity index (χ4n) is 3.17. The molecular weight excluding hydrogens is 380 g/mol. The molecule has 1 aromatic carbocycles. The molecule has 0 bridgehead atoms. The van der Waals surface area contributed by atoms with Gasteiger partial charge in [-0.25, -0.2) is 0 Å². The van der Waals surface area contributed by atoms with Crippen LogP contribution < -0.4 is 15.4 Å². The highest BCUT2D eigenvalue weighted by Crippen LogP contribution is 2.26. The SMILES string of the molecule is Br.CCNC(=NCC(c1ccc(OC)cc1)N1CCCCC1)NCC. The van der Waals surface area contributed by atoms with Crippen molar-refractivity contribution in [1.29, 1.82) is 0 Å². The second-order valence-corrected chi connectivity index (χ2v) is 6.14. The Labute approximate surface area is 163 Å². The average Bonchev–Trinajstić information content (AvgIpc) is 2.63. The summed E-state index contributed by atoms with van der Waals surface area (Å²) >= 11 is 0. The van der Waals surface area contributed by atoms with Gasteiger partial charge in [0.1, 0.15) is 5.75 Å². The molecule has 0 aliphatic carbocycles. The number of methoxy groups -OCH3 is 1. The van der Waals surface area contributed by atoms with E-state index in [4.69, 9.17) is 9.73 Å². The molecule has 1 aliphatic heterocycles. The fourth-order valence-corrected chi connectivity index (χ4v) is 3.17. The van der Waals surface area contributed by atoms with Crippen LogP contribution >= 0.6 is 17.0 Å². The van der Waals surface area contributed by atoms with E-state index in [1.165, 1.54) is 24.8 Å². The molecule has 2 N–H and O–H groups in total. The minimum absolute atomic E-state index is 0. The molecule has 6 heteroatoms. The van der Waals surface area contributed by atoms with E-state index in [0.29, 0.717) is 6.04 Å². The molecule has 142 valence electrons. The van der Waals surface area contributed by atoms with Crippen molar-refractivity contribution in [1.82, 2.24) is 15.5 Å². The molecule has 2 rings (SSSR count). The number of hydrogen-bond donors (Lipinski definition) is 2. The van der Waals surface area contributed by atoms with Crippen LogP contribution in [0.4, 0.5) is 0 Å². The third kappa shape index (κ3) is 6.86. The number of nitrogens with one attached hydrogen (secondary N) is 2. The molecule has 1 saturated heterocycles. The van der Waals surface area contributed by atoms with Crippen molar-refractivity contribution in [3.05, 3.63) is 29.8 Å². The summed E-state index contributed by atoms with van der Waals surface area (Å²) in [5, 5.41) is 6.62. The molecule has 1 atom stereocenters. The first-order chi connectivity index (χ1) is 11.8. The summed E-state index contributed by atoms with van der Waals surface area (Å²) in [6.45, 7) is 9.03. The van der Waals surface area contributed by atoms with Gasteiger partial charge < -0.3 is 15.4 Å². The van der Waals surface area contributed by atoms with Gasteiger partial charge in [0.05, 0.1) is 19.7 Å². The van der Waals surface area contributed by atoms with Crippen molar-refractivity contribution < 1.29 is 4.74 Å². The summed E-state index contributed by atoms with van der Waals surface area (Å²) in [4.78, 5) is 7.39. The zero-order valence-electron chi connectivity index (χ0n) is 15.8. The van der Waals surface area contributed by atoms with Crippen LogP contribution in [0.5, 0.6) is 5.75 Å². The predicted molar refractivity (Wildman–Crippen MR) is 111 cm³/mol. The van der Waals surface area contributed by atoms with Crippen LogP contribution in [0, 0.1) is 0 Å². The number of piperidine rings is 1. The van der Waals surface area contributed by atoms with E-state index in [-0.39, 0.29) is 17.0 Å². The number of nitrogens with zero attached hydrogens (tertiary/aromatic N) is 2. The lowest BCUT2D eigenvalue weighted by Gasteiger charge is -2.34. The number of hydrogen-bond acceptors (Lipinski definition) is 3. The van der Waals surface area contributed by atoms with Crippen LogP contribution in [0.2, 0.25) is 0 Å². The Hall–Kier alpha value is -1.27. The van der Waals surface area contributed by atoms with Gasteiger partial charge >= 0.3 is 0 Å². The second kappa shape index (κ2) is 12.1.